The predicted octanol–water partition coefficient (Wildman–Crippen LogP) is 5.68. The van der Waals surface area contributed by atoms with Gasteiger partial charge in [0, 0.05) is 36.6 Å². The molecular formula is C29H27N5O3. The van der Waals surface area contributed by atoms with Gasteiger partial charge in [0.2, 0.25) is 0 Å². The van der Waals surface area contributed by atoms with Gasteiger partial charge >= 0.3 is 0 Å². The number of aryl methyl sites for hydroxylation is 2. The summed E-state index contributed by atoms with van der Waals surface area (Å²) < 4.78 is 19.2. The molecule has 1 aliphatic rings. The molecule has 0 bridgehead atoms. The third-order valence-electron chi connectivity index (χ3n) is 7.21. The van der Waals surface area contributed by atoms with E-state index >= 15 is 0 Å². The number of methoxy groups -OCH3 is 1. The molecule has 0 amide bonds. The van der Waals surface area contributed by atoms with Crippen molar-refractivity contribution in [2.45, 2.75) is 39.2 Å². The van der Waals surface area contributed by atoms with Gasteiger partial charge in [-0.3, -0.25) is 0 Å². The minimum Gasteiger partial charge on any atom is -0.496 e. The number of nitrogens with zero attached hydrogens (tertiary/aromatic N) is 5. The molecule has 0 unspecified atom stereocenters. The summed E-state index contributed by atoms with van der Waals surface area (Å²) in [6.45, 7) is 5.84. The molecule has 37 heavy (non-hydrogen) atoms. The van der Waals surface area contributed by atoms with Gasteiger partial charge in [-0.2, -0.15) is 5.26 Å². The molecule has 1 saturated heterocycles. The van der Waals surface area contributed by atoms with Crippen molar-refractivity contribution in [3.05, 3.63) is 71.0 Å². The second-order valence-electron chi connectivity index (χ2n) is 9.47. The normalized spacial score (nSPS) is 14.3. The zero-order valence-electron chi connectivity index (χ0n) is 21.1. The largest absolute Gasteiger partial charge is 0.496 e. The number of hydrogen-bond donors (Lipinski definition) is 0. The van der Waals surface area contributed by atoms with Gasteiger partial charge in [0.15, 0.2) is 5.69 Å². The predicted molar refractivity (Wildman–Crippen MR) is 140 cm³/mol. The summed E-state index contributed by atoms with van der Waals surface area (Å²) in [5, 5.41) is 15.1. The van der Waals surface area contributed by atoms with Crippen molar-refractivity contribution in [1.82, 2.24) is 19.7 Å². The van der Waals surface area contributed by atoms with Crippen LogP contribution in [0, 0.1) is 25.2 Å². The number of hydrogen-bond acceptors (Lipinski definition) is 7. The van der Waals surface area contributed by atoms with Crippen molar-refractivity contribution in [1.29, 1.82) is 5.26 Å². The first-order chi connectivity index (χ1) is 18.1. The molecular weight excluding hydrogens is 466 g/mol. The van der Waals surface area contributed by atoms with Crippen LogP contribution in [0.1, 0.15) is 47.3 Å². The van der Waals surface area contributed by atoms with E-state index in [0.29, 0.717) is 48.0 Å². The average molecular weight is 494 g/mol. The number of pyridine rings is 1. The van der Waals surface area contributed by atoms with Gasteiger partial charge in [0.1, 0.15) is 28.9 Å². The van der Waals surface area contributed by atoms with Gasteiger partial charge in [-0.15, -0.1) is 0 Å². The number of ether oxygens (including phenoxy) is 2. The van der Waals surface area contributed by atoms with Crippen LogP contribution >= 0.6 is 0 Å². The topological polar surface area (TPSA) is 99.0 Å². The molecule has 4 heterocycles. The van der Waals surface area contributed by atoms with Gasteiger partial charge in [-0.05, 0) is 44.4 Å². The minimum absolute atomic E-state index is 0.245. The number of imidazole rings is 1. The van der Waals surface area contributed by atoms with Crippen LogP contribution in [-0.2, 0) is 11.3 Å². The lowest BCUT2D eigenvalue weighted by atomic mass is 9.99. The van der Waals surface area contributed by atoms with E-state index in [9.17, 15) is 5.26 Å². The van der Waals surface area contributed by atoms with E-state index in [1.54, 1.807) is 7.11 Å². The van der Waals surface area contributed by atoms with Crippen LogP contribution in [0.4, 0.5) is 0 Å². The lowest BCUT2D eigenvalue weighted by molar-refractivity contribution is 0.0830. The average Bonchev–Trinajstić information content (AvgIpc) is 3.48. The van der Waals surface area contributed by atoms with E-state index in [1.165, 1.54) is 0 Å². The van der Waals surface area contributed by atoms with Crippen LogP contribution in [0.5, 0.6) is 5.75 Å². The Morgan fingerprint density at radius 2 is 1.89 bits per heavy atom. The molecule has 0 spiro atoms. The van der Waals surface area contributed by atoms with Gasteiger partial charge in [0.05, 0.1) is 29.4 Å². The van der Waals surface area contributed by atoms with Crippen LogP contribution in [0.3, 0.4) is 0 Å². The van der Waals surface area contributed by atoms with Crippen molar-refractivity contribution in [3.8, 4) is 22.9 Å². The van der Waals surface area contributed by atoms with Crippen molar-refractivity contribution in [3.63, 3.8) is 0 Å². The lowest BCUT2D eigenvalue weighted by Gasteiger charge is -2.23. The molecule has 0 aliphatic carbocycles. The lowest BCUT2D eigenvalue weighted by Crippen LogP contribution is -2.18. The van der Waals surface area contributed by atoms with Crippen molar-refractivity contribution >= 4 is 21.9 Å². The minimum atomic E-state index is 0.245. The second-order valence-corrected chi connectivity index (χ2v) is 9.47. The first-order valence-corrected chi connectivity index (χ1v) is 12.5. The standard InChI is InChI=1S/C29H27N5O3/c1-17-26(18(2)37-33-17)22-13-23-21(14-25(22)35-3)28-27(24(15-30)31-23)32-29(20-9-11-36-12-10-20)34(28)16-19-7-5-4-6-8-19/h4-8,13-14,20H,9-12,16H2,1-3H3. The van der Waals surface area contributed by atoms with Crippen LogP contribution in [0.25, 0.3) is 33.1 Å². The molecule has 5 aromatic rings. The third kappa shape index (κ3) is 3.92. The van der Waals surface area contributed by atoms with Crippen LogP contribution in [0.15, 0.2) is 47.0 Å². The van der Waals surface area contributed by atoms with Gasteiger partial charge in [-0.1, -0.05) is 35.5 Å². The fourth-order valence-electron chi connectivity index (χ4n) is 5.44. The van der Waals surface area contributed by atoms with Crippen LogP contribution in [-0.4, -0.2) is 40.0 Å². The third-order valence-corrected chi connectivity index (χ3v) is 7.21. The zero-order chi connectivity index (χ0) is 25.5. The Labute approximate surface area is 214 Å². The summed E-state index contributed by atoms with van der Waals surface area (Å²) >= 11 is 0. The molecule has 0 N–H and O–H groups in total. The monoisotopic (exact) mass is 493 g/mol. The molecule has 0 radical (unpaired) electrons. The molecule has 6 rings (SSSR count). The molecule has 0 saturated carbocycles. The summed E-state index contributed by atoms with van der Waals surface area (Å²) in [6.07, 6.45) is 1.79. The maximum Gasteiger partial charge on any atom is 0.169 e. The van der Waals surface area contributed by atoms with Crippen molar-refractivity contribution in [2.24, 2.45) is 0 Å². The summed E-state index contributed by atoms with van der Waals surface area (Å²) in [5.74, 6) is 2.61. The highest BCUT2D eigenvalue weighted by Crippen LogP contribution is 2.40. The fraction of sp³-hybridized carbons (Fsp3) is 0.310. The summed E-state index contributed by atoms with van der Waals surface area (Å²) in [6, 6.07) is 16.6. The number of rotatable bonds is 5. The Morgan fingerprint density at radius 1 is 1.11 bits per heavy atom. The number of aromatic nitrogens is 4. The summed E-state index contributed by atoms with van der Waals surface area (Å²) in [5.41, 5.74) is 6.19. The maximum atomic E-state index is 10.1. The highest BCUT2D eigenvalue weighted by Gasteiger charge is 2.27. The number of benzene rings is 2. The van der Waals surface area contributed by atoms with Crippen LogP contribution in [0.2, 0.25) is 0 Å². The van der Waals surface area contributed by atoms with E-state index in [2.05, 4.69) is 27.9 Å². The SMILES string of the molecule is COc1cc2c(cc1-c1c(C)noc1C)nc(C#N)c1nc(C3CCOCC3)n(Cc3ccccc3)c12. The Morgan fingerprint density at radius 3 is 2.57 bits per heavy atom. The van der Waals surface area contributed by atoms with E-state index < -0.39 is 0 Å². The Hall–Kier alpha value is -4.22. The number of nitriles is 1. The molecule has 8 heteroatoms. The fourth-order valence-corrected chi connectivity index (χ4v) is 5.44. The quantitative estimate of drug-likeness (QED) is 0.311. The molecule has 2 aromatic carbocycles. The Kier molecular flexibility index (Phi) is 5.85. The first kappa shape index (κ1) is 23.2. The highest BCUT2D eigenvalue weighted by atomic mass is 16.5. The Balaban J connectivity index is 1.67. The molecule has 1 aliphatic heterocycles. The van der Waals surface area contributed by atoms with Gasteiger partial charge in [-0.25, -0.2) is 9.97 Å². The second kappa shape index (κ2) is 9.34. The number of fused-ring (bicyclic) bond motifs is 3. The summed E-state index contributed by atoms with van der Waals surface area (Å²) in [4.78, 5) is 9.83. The van der Waals surface area contributed by atoms with E-state index in [1.807, 2.05) is 44.2 Å². The van der Waals surface area contributed by atoms with E-state index in [4.69, 9.17) is 24.0 Å². The van der Waals surface area contributed by atoms with Gasteiger partial charge < -0.3 is 18.6 Å². The summed E-state index contributed by atoms with van der Waals surface area (Å²) in [7, 11) is 1.66. The Bertz CT molecular complexity index is 1640. The molecule has 3 aromatic heterocycles. The first-order valence-electron chi connectivity index (χ1n) is 12.5. The molecule has 8 nitrogen and oxygen atoms in total. The van der Waals surface area contributed by atoms with Crippen molar-refractivity contribution < 1.29 is 14.0 Å². The van der Waals surface area contributed by atoms with Crippen LogP contribution < -0.4 is 4.74 Å². The highest BCUT2D eigenvalue weighted by molar-refractivity contribution is 6.06. The maximum absolute atomic E-state index is 10.1. The van der Waals surface area contributed by atoms with Crippen molar-refractivity contribution in [2.75, 3.05) is 20.3 Å². The van der Waals surface area contributed by atoms with Gasteiger partial charge in [0.25, 0.3) is 0 Å². The molecule has 0 atom stereocenters. The molecule has 186 valence electrons. The zero-order valence-corrected chi connectivity index (χ0v) is 21.1. The van der Waals surface area contributed by atoms with E-state index in [-0.39, 0.29) is 5.92 Å². The smallest absolute Gasteiger partial charge is 0.169 e. The molecule has 1 fully saturated rings. The van der Waals surface area contributed by atoms with E-state index in [0.717, 1.165) is 52.0 Å².